The van der Waals surface area contributed by atoms with Gasteiger partial charge >= 0.3 is 0 Å². The van der Waals surface area contributed by atoms with Gasteiger partial charge in [-0.05, 0) is 33.2 Å². The summed E-state index contributed by atoms with van der Waals surface area (Å²) in [5.41, 5.74) is 2.00. The molecular formula is C17H24N6O. The zero-order chi connectivity index (χ0) is 16.5. The molecule has 0 bridgehead atoms. The maximum absolute atomic E-state index is 5.78. The molecule has 3 heterocycles. The van der Waals surface area contributed by atoms with Gasteiger partial charge in [-0.25, -0.2) is 0 Å². The van der Waals surface area contributed by atoms with Gasteiger partial charge in [-0.2, -0.15) is 0 Å². The van der Waals surface area contributed by atoms with Crippen LogP contribution in [0.3, 0.4) is 0 Å². The Kier molecular flexibility index (Phi) is 4.28. The second kappa shape index (κ2) is 6.57. The van der Waals surface area contributed by atoms with Crippen molar-refractivity contribution in [3.05, 3.63) is 35.6 Å². The number of nitrogens with zero attached hydrogens (tertiary/aromatic N) is 6. The van der Waals surface area contributed by atoms with Crippen molar-refractivity contribution < 1.29 is 4.42 Å². The van der Waals surface area contributed by atoms with E-state index < -0.39 is 0 Å². The van der Waals surface area contributed by atoms with Gasteiger partial charge in [0.15, 0.2) is 0 Å². The molecule has 1 atom stereocenters. The molecule has 0 radical (unpaired) electrons. The minimum atomic E-state index is 0.514. The molecule has 0 spiro atoms. The zero-order valence-corrected chi connectivity index (χ0v) is 14.4. The highest BCUT2D eigenvalue weighted by Crippen LogP contribution is 2.39. The Hall–Kier alpha value is -1.86. The standard InChI is InChI=1S/C17H24N6O/c1-12-7-19-14(8-18-12)9-23-6-5-15(10-23)22(2)11-16-20-21-17(24-16)13-3-4-13/h7-8,13,15H,3-6,9-11H2,1-2H3. The smallest absolute Gasteiger partial charge is 0.230 e. The summed E-state index contributed by atoms with van der Waals surface area (Å²) in [6.07, 6.45) is 7.25. The lowest BCUT2D eigenvalue weighted by atomic mass is 10.2. The summed E-state index contributed by atoms with van der Waals surface area (Å²) >= 11 is 0. The van der Waals surface area contributed by atoms with Crippen molar-refractivity contribution in [2.75, 3.05) is 20.1 Å². The molecule has 1 aliphatic carbocycles. The summed E-state index contributed by atoms with van der Waals surface area (Å²) in [7, 11) is 2.14. The second-order valence-corrected chi connectivity index (χ2v) is 7.05. The number of aromatic nitrogens is 4. The van der Waals surface area contributed by atoms with Crippen LogP contribution in [0.5, 0.6) is 0 Å². The molecular weight excluding hydrogens is 304 g/mol. The number of likely N-dealkylation sites (N-methyl/N-ethyl adjacent to an activating group) is 1. The number of aryl methyl sites for hydroxylation is 1. The highest BCUT2D eigenvalue weighted by Gasteiger charge is 2.30. The average molecular weight is 328 g/mol. The molecule has 128 valence electrons. The van der Waals surface area contributed by atoms with Crippen molar-refractivity contribution in [2.45, 2.75) is 51.2 Å². The molecule has 0 aromatic carbocycles. The van der Waals surface area contributed by atoms with Crippen molar-refractivity contribution in [3.63, 3.8) is 0 Å². The topological polar surface area (TPSA) is 71.2 Å². The van der Waals surface area contributed by atoms with Gasteiger partial charge in [0, 0.05) is 44.0 Å². The summed E-state index contributed by atoms with van der Waals surface area (Å²) in [4.78, 5) is 13.5. The van der Waals surface area contributed by atoms with E-state index in [9.17, 15) is 0 Å². The predicted octanol–water partition coefficient (Wildman–Crippen LogP) is 1.75. The molecule has 24 heavy (non-hydrogen) atoms. The van der Waals surface area contributed by atoms with Crippen molar-refractivity contribution >= 4 is 0 Å². The van der Waals surface area contributed by atoms with E-state index in [1.807, 2.05) is 19.3 Å². The molecule has 2 aromatic rings. The normalized spacial score (nSPS) is 21.7. The first-order valence-electron chi connectivity index (χ1n) is 8.70. The van der Waals surface area contributed by atoms with E-state index in [1.54, 1.807) is 0 Å². The van der Waals surface area contributed by atoms with Gasteiger partial charge < -0.3 is 4.42 Å². The van der Waals surface area contributed by atoms with E-state index in [4.69, 9.17) is 4.42 Å². The molecule has 1 saturated heterocycles. The van der Waals surface area contributed by atoms with Crippen LogP contribution in [0.4, 0.5) is 0 Å². The van der Waals surface area contributed by atoms with Gasteiger partial charge in [-0.1, -0.05) is 0 Å². The number of rotatable bonds is 6. The third-order valence-electron chi connectivity index (χ3n) is 4.88. The van der Waals surface area contributed by atoms with Gasteiger partial charge in [-0.15, -0.1) is 10.2 Å². The van der Waals surface area contributed by atoms with Gasteiger partial charge in [0.2, 0.25) is 11.8 Å². The fourth-order valence-electron chi connectivity index (χ4n) is 3.21. The van der Waals surface area contributed by atoms with Crippen LogP contribution in [0.1, 0.15) is 48.3 Å². The molecule has 1 aliphatic heterocycles. The van der Waals surface area contributed by atoms with Crippen molar-refractivity contribution in [1.29, 1.82) is 0 Å². The lowest BCUT2D eigenvalue weighted by Crippen LogP contribution is -2.34. The lowest BCUT2D eigenvalue weighted by molar-refractivity contribution is 0.203. The number of hydrogen-bond acceptors (Lipinski definition) is 7. The van der Waals surface area contributed by atoms with E-state index in [1.165, 1.54) is 12.8 Å². The molecule has 1 saturated carbocycles. The number of likely N-dealkylation sites (tertiary alicyclic amines) is 1. The van der Waals surface area contributed by atoms with Gasteiger partial charge in [0.05, 0.1) is 17.9 Å². The molecule has 2 fully saturated rings. The third kappa shape index (κ3) is 3.62. The highest BCUT2D eigenvalue weighted by molar-refractivity contribution is 5.02. The van der Waals surface area contributed by atoms with E-state index in [-0.39, 0.29) is 0 Å². The molecule has 4 rings (SSSR count). The molecule has 0 amide bonds. The average Bonchev–Trinajstić information content (AvgIpc) is 3.14. The van der Waals surface area contributed by atoms with Crippen LogP contribution in [0, 0.1) is 6.92 Å². The molecule has 0 N–H and O–H groups in total. The summed E-state index contributed by atoms with van der Waals surface area (Å²) in [5.74, 6) is 2.08. The van der Waals surface area contributed by atoms with Gasteiger partial charge in [0.25, 0.3) is 0 Å². The maximum Gasteiger partial charge on any atom is 0.230 e. The molecule has 2 aliphatic rings. The van der Waals surface area contributed by atoms with Crippen LogP contribution in [0.2, 0.25) is 0 Å². The first-order valence-corrected chi connectivity index (χ1v) is 8.70. The Labute approximate surface area is 142 Å². The Morgan fingerprint density at radius 3 is 2.83 bits per heavy atom. The Bertz CT molecular complexity index is 681. The summed E-state index contributed by atoms with van der Waals surface area (Å²) < 4.78 is 5.78. The van der Waals surface area contributed by atoms with Crippen LogP contribution in [0.15, 0.2) is 16.8 Å². The monoisotopic (exact) mass is 328 g/mol. The molecule has 1 unspecified atom stereocenters. The van der Waals surface area contributed by atoms with Gasteiger partial charge in [-0.3, -0.25) is 19.8 Å². The minimum absolute atomic E-state index is 0.514. The van der Waals surface area contributed by atoms with Crippen molar-refractivity contribution in [3.8, 4) is 0 Å². The first-order chi connectivity index (χ1) is 11.7. The molecule has 2 aromatic heterocycles. The Morgan fingerprint density at radius 1 is 1.21 bits per heavy atom. The van der Waals surface area contributed by atoms with Gasteiger partial charge in [0.1, 0.15) is 0 Å². The lowest BCUT2D eigenvalue weighted by Gasteiger charge is -2.23. The summed E-state index contributed by atoms with van der Waals surface area (Å²) in [6.45, 7) is 5.67. The van der Waals surface area contributed by atoms with Crippen LogP contribution in [-0.4, -0.2) is 56.1 Å². The van der Waals surface area contributed by atoms with E-state index in [0.29, 0.717) is 12.0 Å². The van der Waals surface area contributed by atoms with Crippen LogP contribution in [0.25, 0.3) is 0 Å². The Balaban J connectivity index is 1.29. The first kappa shape index (κ1) is 15.7. The highest BCUT2D eigenvalue weighted by atomic mass is 16.4. The summed E-state index contributed by atoms with van der Waals surface area (Å²) in [6, 6.07) is 0.514. The van der Waals surface area contributed by atoms with E-state index in [0.717, 1.165) is 55.8 Å². The van der Waals surface area contributed by atoms with E-state index in [2.05, 4.69) is 37.0 Å². The largest absolute Gasteiger partial charge is 0.424 e. The number of hydrogen-bond donors (Lipinski definition) is 0. The van der Waals surface area contributed by atoms with Crippen LogP contribution < -0.4 is 0 Å². The third-order valence-corrected chi connectivity index (χ3v) is 4.88. The SMILES string of the molecule is Cc1cnc(CN2CCC(N(C)Cc3nnc(C4CC4)o3)C2)cn1. The fourth-order valence-corrected chi connectivity index (χ4v) is 3.21. The minimum Gasteiger partial charge on any atom is -0.424 e. The van der Waals surface area contributed by atoms with Crippen LogP contribution in [-0.2, 0) is 13.1 Å². The van der Waals surface area contributed by atoms with E-state index >= 15 is 0 Å². The Morgan fingerprint density at radius 2 is 2.08 bits per heavy atom. The molecule has 7 nitrogen and oxygen atoms in total. The fraction of sp³-hybridized carbons (Fsp3) is 0.647. The second-order valence-electron chi connectivity index (χ2n) is 7.05. The van der Waals surface area contributed by atoms with Crippen molar-refractivity contribution in [1.82, 2.24) is 30.0 Å². The predicted molar refractivity (Wildman–Crippen MR) is 88.2 cm³/mol. The summed E-state index contributed by atoms with van der Waals surface area (Å²) in [5, 5.41) is 8.36. The quantitative estimate of drug-likeness (QED) is 0.800. The van der Waals surface area contributed by atoms with Crippen LogP contribution >= 0.6 is 0 Å². The molecule has 7 heteroatoms. The maximum atomic E-state index is 5.78. The zero-order valence-electron chi connectivity index (χ0n) is 14.4. The van der Waals surface area contributed by atoms with Crippen molar-refractivity contribution in [2.24, 2.45) is 0 Å².